The molecule has 1 aromatic heterocycles. The fraction of sp³-hybridized carbons (Fsp3) is 0.500. The van der Waals surface area contributed by atoms with Gasteiger partial charge in [0, 0.05) is 6.54 Å². The molecule has 3 rings (SSSR count). The van der Waals surface area contributed by atoms with E-state index >= 15 is 0 Å². The second kappa shape index (κ2) is 7.33. The number of benzene rings is 1. The van der Waals surface area contributed by atoms with Gasteiger partial charge in [-0.05, 0) is 45.7 Å². The number of amides is 1. The van der Waals surface area contributed by atoms with Gasteiger partial charge in [0.2, 0.25) is 0 Å². The van der Waals surface area contributed by atoms with Crippen LogP contribution in [0, 0.1) is 0 Å². The molecule has 1 aliphatic heterocycles. The number of para-hydroxylation sites is 1. The van der Waals surface area contributed by atoms with Crippen molar-refractivity contribution in [2.45, 2.75) is 51.6 Å². The highest BCUT2D eigenvalue weighted by Gasteiger charge is 2.36. The number of nitrogens with zero attached hydrogens (tertiary/aromatic N) is 3. The van der Waals surface area contributed by atoms with E-state index in [9.17, 15) is 18.0 Å². The van der Waals surface area contributed by atoms with Crippen molar-refractivity contribution in [3.05, 3.63) is 30.1 Å². The summed E-state index contributed by atoms with van der Waals surface area (Å²) in [7, 11) is 0. The van der Waals surface area contributed by atoms with Crippen molar-refractivity contribution >= 4 is 6.09 Å². The molecule has 1 aromatic carbocycles. The highest BCUT2D eigenvalue weighted by Crippen LogP contribution is 2.35. The fourth-order valence-electron chi connectivity index (χ4n) is 3.01. The van der Waals surface area contributed by atoms with Gasteiger partial charge in [-0.2, -0.15) is 0 Å². The third-order valence-corrected chi connectivity index (χ3v) is 4.07. The molecule has 10 heteroatoms. The van der Waals surface area contributed by atoms with Gasteiger partial charge < -0.3 is 14.5 Å². The summed E-state index contributed by atoms with van der Waals surface area (Å²) >= 11 is 0. The number of hydrogen-bond acceptors (Lipinski definition) is 5. The maximum Gasteiger partial charge on any atom is 0.573 e. The number of H-pyrrole nitrogens is 1. The summed E-state index contributed by atoms with van der Waals surface area (Å²) in [4.78, 5) is 16.9. The monoisotopic (exact) mass is 398 g/mol. The molecule has 0 radical (unpaired) electrons. The fourth-order valence-corrected chi connectivity index (χ4v) is 3.01. The second-order valence-electron chi connectivity index (χ2n) is 7.43. The third-order valence-electron chi connectivity index (χ3n) is 4.07. The van der Waals surface area contributed by atoms with Crippen molar-refractivity contribution in [3.63, 3.8) is 0 Å². The Bertz CT molecular complexity index is 845. The molecule has 152 valence electrons. The van der Waals surface area contributed by atoms with Crippen molar-refractivity contribution in [2.24, 2.45) is 0 Å². The Balaban J connectivity index is 1.84. The van der Waals surface area contributed by atoms with Gasteiger partial charge in [-0.15, -0.1) is 23.4 Å². The predicted octanol–water partition coefficient (Wildman–Crippen LogP) is 4.44. The van der Waals surface area contributed by atoms with E-state index in [1.165, 1.54) is 18.2 Å². The molecule has 0 spiro atoms. The molecule has 1 saturated heterocycles. The Labute approximate surface area is 159 Å². The van der Waals surface area contributed by atoms with Crippen molar-refractivity contribution in [2.75, 3.05) is 6.54 Å². The van der Waals surface area contributed by atoms with Crippen molar-refractivity contribution in [1.82, 2.24) is 20.1 Å². The number of likely N-dealkylation sites (tertiary alicyclic amines) is 1. The number of nitrogens with one attached hydrogen (secondary N) is 1. The van der Waals surface area contributed by atoms with E-state index in [0.29, 0.717) is 18.8 Å². The molecule has 2 aromatic rings. The predicted molar refractivity (Wildman–Crippen MR) is 93.4 cm³/mol. The molecule has 7 nitrogen and oxygen atoms in total. The maximum atomic E-state index is 12.6. The summed E-state index contributed by atoms with van der Waals surface area (Å²) in [6.07, 6.45) is -3.88. The van der Waals surface area contributed by atoms with Crippen LogP contribution in [0.25, 0.3) is 11.4 Å². The van der Waals surface area contributed by atoms with Gasteiger partial charge in [-0.25, -0.2) is 4.79 Å². The summed E-state index contributed by atoms with van der Waals surface area (Å²) in [5.41, 5.74) is -0.509. The number of aromatic nitrogens is 3. The Morgan fingerprint density at radius 1 is 1.21 bits per heavy atom. The lowest BCUT2D eigenvalue weighted by Crippen LogP contribution is -2.36. The highest BCUT2D eigenvalue weighted by atomic mass is 19.4. The van der Waals surface area contributed by atoms with Gasteiger partial charge in [0.05, 0.1) is 11.6 Å². The van der Waals surface area contributed by atoms with Crippen LogP contribution >= 0.6 is 0 Å². The number of carbonyl (C=O) groups excluding carboxylic acids is 1. The molecule has 1 unspecified atom stereocenters. The number of hydrogen-bond donors (Lipinski definition) is 1. The summed E-state index contributed by atoms with van der Waals surface area (Å²) < 4.78 is 47.4. The first-order chi connectivity index (χ1) is 13.0. The van der Waals surface area contributed by atoms with E-state index in [-0.39, 0.29) is 23.2 Å². The average molecular weight is 398 g/mol. The average Bonchev–Trinajstić information content (AvgIpc) is 3.21. The van der Waals surface area contributed by atoms with Crippen molar-refractivity contribution < 1.29 is 27.4 Å². The summed E-state index contributed by atoms with van der Waals surface area (Å²) in [5, 5.41) is 8.01. The van der Waals surface area contributed by atoms with E-state index in [2.05, 4.69) is 19.9 Å². The van der Waals surface area contributed by atoms with Crippen molar-refractivity contribution in [1.29, 1.82) is 0 Å². The maximum absolute atomic E-state index is 12.6. The van der Waals surface area contributed by atoms with Gasteiger partial charge in [0.1, 0.15) is 11.4 Å². The number of ether oxygens (including phenoxy) is 2. The number of halogens is 3. The first-order valence-electron chi connectivity index (χ1n) is 8.81. The number of aromatic amines is 1. The van der Waals surface area contributed by atoms with Crippen LogP contribution in [0.3, 0.4) is 0 Å². The lowest BCUT2D eigenvalue weighted by Gasteiger charge is -2.27. The Morgan fingerprint density at radius 2 is 1.93 bits per heavy atom. The Hall–Kier alpha value is -2.78. The van der Waals surface area contributed by atoms with Gasteiger partial charge in [-0.3, -0.25) is 4.90 Å². The molecule has 1 amide bonds. The topological polar surface area (TPSA) is 80.3 Å². The molecule has 1 atom stereocenters. The van der Waals surface area contributed by atoms with E-state index in [1.54, 1.807) is 31.7 Å². The molecular weight excluding hydrogens is 377 g/mol. The molecular formula is C18H21F3N4O3. The second-order valence-corrected chi connectivity index (χ2v) is 7.43. The quantitative estimate of drug-likeness (QED) is 0.827. The molecule has 1 fully saturated rings. The van der Waals surface area contributed by atoms with Gasteiger partial charge in [-0.1, -0.05) is 12.1 Å². The first-order valence-corrected chi connectivity index (χ1v) is 8.81. The first kappa shape index (κ1) is 20.0. The largest absolute Gasteiger partial charge is 0.573 e. The lowest BCUT2D eigenvalue weighted by molar-refractivity contribution is -0.274. The highest BCUT2D eigenvalue weighted by molar-refractivity contribution is 5.69. The summed E-state index contributed by atoms with van der Waals surface area (Å²) in [6, 6.07) is 5.28. The molecule has 0 aliphatic carbocycles. The smallest absolute Gasteiger partial charge is 0.444 e. The van der Waals surface area contributed by atoms with Crippen LogP contribution < -0.4 is 4.74 Å². The van der Waals surface area contributed by atoms with Crippen LogP contribution in [-0.2, 0) is 4.74 Å². The summed E-state index contributed by atoms with van der Waals surface area (Å²) in [5.74, 6) is 0.138. The Morgan fingerprint density at radius 3 is 2.61 bits per heavy atom. The van der Waals surface area contributed by atoms with E-state index in [0.717, 1.165) is 6.42 Å². The zero-order valence-corrected chi connectivity index (χ0v) is 15.7. The Kier molecular flexibility index (Phi) is 5.22. The normalized spacial score (nSPS) is 17.6. The van der Waals surface area contributed by atoms with E-state index in [1.807, 2.05) is 0 Å². The van der Waals surface area contributed by atoms with Crippen LogP contribution in [0.1, 0.15) is 45.5 Å². The minimum absolute atomic E-state index is 0.125. The van der Waals surface area contributed by atoms with Gasteiger partial charge in [0.25, 0.3) is 0 Å². The molecule has 1 aliphatic rings. The van der Waals surface area contributed by atoms with Crippen LogP contribution in [0.15, 0.2) is 24.3 Å². The number of carbonyl (C=O) groups is 1. The molecule has 1 N–H and O–H groups in total. The lowest BCUT2D eigenvalue weighted by atomic mass is 10.2. The van der Waals surface area contributed by atoms with Crippen LogP contribution in [0.4, 0.5) is 18.0 Å². The van der Waals surface area contributed by atoms with Crippen molar-refractivity contribution in [3.8, 4) is 17.1 Å². The van der Waals surface area contributed by atoms with Gasteiger partial charge in [0.15, 0.2) is 11.6 Å². The summed E-state index contributed by atoms with van der Waals surface area (Å²) in [6.45, 7) is 5.84. The van der Waals surface area contributed by atoms with Crippen LogP contribution in [0.2, 0.25) is 0 Å². The van der Waals surface area contributed by atoms with Crippen LogP contribution in [-0.4, -0.2) is 44.7 Å². The molecule has 2 heterocycles. The SMILES string of the molecule is CC(C)(C)OC(=O)N1CCCC1c1nnc(-c2ccccc2OC(F)(F)F)[nH]1. The van der Waals surface area contributed by atoms with E-state index < -0.39 is 18.1 Å². The zero-order chi connectivity index (χ0) is 20.5. The third kappa shape index (κ3) is 4.73. The zero-order valence-electron chi connectivity index (χ0n) is 15.7. The minimum atomic E-state index is -4.82. The molecule has 0 saturated carbocycles. The van der Waals surface area contributed by atoms with E-state index in [4.69, 9.17) is 4.74 Å². The molecule has 28 heavy (non-hydrogen) atoms. The van der Waals surface area contributed by atoms with Crippen LogP contribution in [0.5, 0.6) is 5.75 Å². The van der Waals surface area contributed by atoms with Gasteiger partial charge >= 0.3 is 12.5 Å². The minimum Gasteiger partial charge on any atom is -0.444 e. The number of alkyl halides is 3. The molecule has 0 bridgehead atoms. The standard InChI is InChI=1S/C18H21F3N4O3/c1-17(2,3)28-16(26)25-10-6-8-12(25)15-22-14(23-24-15)11-7-4-5-9-13(11)27-18(19,20)21/h4-5,7,9,12H,6,8,10H2,1-3H3,(H,22,23,24). The number of rotatable bonds is 3.